The van der Waals surface area contributed by atoms with Crippen molar-refractivity contribution in [2.45, 2.75) is 25.7 Å². The molecule has 0 radical (unpaired) electrons. The maximum Gasteiger partial charge on any atom is 0.0541 e. The van der Waals surface area contributed by atoms with E-state index in [0.717, 1.165) is 6.42 Å². The van der Waals surface area contributed by atoms with Gasteiger partial charge in [0.1, 0.15) is 0 Å². The van der Waals surface area contributed by atoms with Crippen molar-refractivity contribution in [2.75, 3.05) is 0 Å². The molecule has 2 heteroatoms. The number of rotatable bonds is 4. The molecule has 1 aliphatic rings. The highest BCUT2D eigenvalue weighted by Crippen LogP contribution is 2.50. The Labute approximate surface area is 284 Å². The molecule has 48 heavy (non-hydrogen) atoms. The highest BCUT2D eigenvalue weighted by molar-refractivity contribution is 7.25. The van der Waals surface area contributed by atoms with Crippen LogP contribution in [0.15, 0.2) is 152 Å². The quantitative estimate of drug-likeness (QED) is 0.182. The van der Waals surface area contributed by atoms with Crippen molar-refractivity contribution in [1.29, 1.82) is 0 Å². The molecule has 0 atom stereocenters. The van der Waals surface area contributed by atoms with Crippen molar-refractivity contribution in [3.05, 3.63) is 174 Å². The standard InChI is InChI=1S/C46H33NS/c1-46(2)38-18-8-6-17-35(38)44-31(12-10-19-39(44)46)26-32-13-11-21-43-45(32)37-28-30(23-25-42(37)48-43)29-22-24-41-36(27-29)34-16-7-9-20-40(34)47(41)33-14-4-3-5-15-33/h3-25,27-28H,26H2,1-2H3. The number of aromatic nitrogens is 1. The number of fused-ring (bicyclic) bond motifs is 9. The van der Waals surface area contributed by atoms with E-state index < -0.39 is 0 Å². The van der Waals surface area contributed by atoms with Gasteiger partial charge < -0.3 is 4.57 Å². The van der Waals surface area contributed by atoms with Gasteiger partial charge >= 0.3 is 0 Å². The van der Waals surface area contributed by atoms with Crippen molar-refractivity contribution in [3.63, 3.8) is 0 Å². The molecule has 1 aliphatic carbocycles. The Hall–Kier alpha value is -5.44. The third kappa shape index (κ3) is 3.96. The predicted molar refractivity (Wildman–Crippen MR) is 206 cm³/mol. The van der Waals surface area contributed by atoms with Gasteiger partial charge in [-0.2, -0.15) is 0 Å². The van der Waals surface area contributed by atoms with Crippen LogP contribution in [0.2, 0.25) is 0 Å². The van der Waals surface area contributed by atoms with E-state index in [1.54, 1.807) is 0 Å². The maximum absolute atomic E-state index is 2.43. The molecule has 228 valence electrons. The zero-order valence-electron chi connectivity index (χ0n) is 27.0. The van der Waals surface area contributed by atoms with Gasteiger partial charge in [-0.25, -0.2) is 0 Å². The van der Waals surface area contributed by atoms with Crippen molar-refractivity contribution in [2.24, 2.45) is 0 Å². The molecule has 0 saturated heterocycles. The highest BCUT2D eigenvalue weighted by atomic mass is 32.1. The van der Waals surface area contributed by atoms with Crippen molar-refractivity contribution < 1.29 is 0 Å². The van der Waals surface area contributed by atoms with Crippen molar-refractivity contribution >= 4 is 53.3 Å². The molecular weight excluding hydrogens is 599 g/mol. The van der Waals surface area contributed by atoms with Gasteiger partial charge in [0.15, 0.2) is 0 Å². The number of hydrogen-bond donors (Lipinski definition) is 0. The van der Waals surface area contributed by atoms with Gasteiger partial charge in [-0.1, -0.05) is 117 Å². The van der Waals surface area contributed by atoms with Gasteiger partial charge in [0.2, 0.25) is 0 Å². The van der Waals surface area contributed by atoms with Crippen LogP contribution in [0, 0.1) is 0 Å². The second kappa shape index (κ2) is 10.3. The van der Waals surface area contributed by atoms with Crippen LogP contribution in [0.3, 0.4) is 0 Å². The molecule has 0 saturated carbocycles. The Bertz CT molecular complexity index is 2720. The third-order valence-corrected chi connectivity index (χ3v) is 11.8. The SMILES string of the molecule is CC1(C)c2ccccc2-c2c(Cc3cccc4sc5ccc(-c6ccc7c(c6)c6ccccc6n7-c6ccccc6)cc5c34)cccc21. The first-order valence-electron chi connectivity index (χ1n) is 16.8. The van der Waals surface area contributed by atoms with Crippen molar-refractivity contribution in [3.8, 4) is 27.9 Å². The molecule has 10 rings (SSSR count). The number of nitrogens with zero attached hydrogens (tertiary/aromatic N) is 1. The largest absolute Gasteiger partial charge is 0.309 e. The topological polar surface area (TPSA) is 4.93 Å². The monoisotopic (exact) mass is 631 g/mol. The normalized spacial score (nSPS) is 13.5. The number of para-hydroxylation sites is 2. The minimum atomic E-state index is 0.00637. The van der Waals surface area contributed by atoms with Gasteiger partial charge in [0, 0.05) is 42.0 Å². The molecule has 0 spiro atoms. The Balaban J connectivity index is 1.12. The molecule has 9 aromatic rings. The lowest BCUT2D eigenvalue weighted by Gasteiger charge is -2.21. The molecular formula is C46H33NS. The minimum Gasteiger partial charge on any atom is -0.309 e. The van der Waals surface area contributed by atoms with Gasteiger partial charge in [0.25, 0.3) is 0 Å². The molecule has 1 nitrogen and oxygen atoms in total. The third-order valence-electron chi connectivity index (χ3n) is 10.7. The van der Waals surface area contributed by atoms with E-state index in [9.17, 15) is 0 Å². The first kappa shape index (κ1) is 27.7. The summed E-state index contributed by atoms with van der Waals surface area (Å²) in [6.07, 6.45) is 0.909. The second-order valence-corrected chi connectivity index (χ2v) is 14.8. The average molecular weight is 632 g/mol. The van der Waals surface area contributed by atoms with Crippen LogP contribution in [-0.2, 0) is 11.8 Å². The van der Waals surface area contributed by atoms with E-state index in [1.165, 1.54) is 92.2 Å². The summed E-state index contributed by atoms with van der Waals surface area (Å²) < 4.78 is 5.08. The van der Waals surface area contributed by atoms with E-state index >= 15 is 0 Å². The summed E-state index contributed by atoms with van der Waals surface area (Å²) in [5, 5.41) is 5.30. The lowest BCUT2D eigenvalue weighted by atomic mass is 9.82. The zero-order chi connectivity index (χ0) is 32.0. The zero-order valence-corrected chi connectivity index (χ0v) is 27.8. The van der Waals surface area contributed by atoms with Gasteiger partial charge in [0.05, 0.1) is 11.0 Å². The van der Waals surface area contributed by atoms with Crippen LogP contribution < -0.4 is 0 Å². The highest BCUT2D eigenvalue weighted by Gasteiger charge is 2.36. The van der Waals surface area contributed by atoms with Crippen molar-refractivity contribution in [1.82, 2.24) is 4.57 Å². The summed E-state index contributed by atoms with van der Waals surface area (Å²) in [4.78, 5) is 0. The van der Waals surface area contributed by atoms with Crippen LogP contribution in [0.1, 0.15) is 36.1 Å². The Morgan fingerprint density at radius 3 is 2.10 bits per heavy atom. The maximum atomic E-state index is 2.43. The number of hydrogen-bond acceptors (Lipinski definition) is 1. The molecule has 2 heterocycles. The molecule has 0 amide bonds. The van der Waals surface area contributed by atoms with Gasteiger partial charge in [-0.05, 0) is 99.5 Å². The van der Waals surface area contributed by atoms with E-state index in [1.807, 2.05) is 11.3 Å². The van der Waals surface area contributed by atoms with E-state index in [2.05, 4.69) is 170 Å². The van der Waals surface area contributed by atoms with Crippen LogP contribution in [0.5, 0.6) is 0 Å². The Morgan fingerprint density at radius 2 is 1.21 bits per heavy atom. The van der Waals surface area contributed by atoms with Crippen LogP contribution in [0.25, 0.3) is 69.9 Å². The molecule has 0 aliphatic heterocycles. The second-order valence-electron chi connectivity index (χ2n) is 13.7. The Morgan fingerprint density at radius 1 is 0.521 bits per heavy atom. The summed E-state index contributed by atoms with van der Waals surface area (Å²) in [6.45, 7) is 4.74. The van der Waals surface area contributed by atoms with Crippen LogP contribution in [0.4, 0.5) is 0 Å². The van der Waals surface area contributed by atoms with E-state index in [0.29, 0.717) is 0 Å². The fourth-order valence-corrected chi connectivity index (χ4v) is 9.55. The number of benzene rings is 7. The molecule has 7 aromatic carbocycles. The van der Waals surface area contributed by atoms with E-state index in [4.69, 9.17) is 0 Å². The molecule has 0 bridgehead atoms. The lowest BCUT2D eigenvalue weighted by Crippen LogP contribution is -2.14. The smallest absolute Gasteiger partial charge is 0.0541 e. The summed E-state index contributed by atoms with van der Waals surface area (Å²) >= 11 is 1.91. The summed E-state index contributed by atoms with van der Waals surface area (Å²) in [6, 6.07) is 56.3. The average Bonchev–Trinajstić information content (AvgIpc) is 3.75. The first-order valence-corrected chi connectivity index (χ1v) is 17.6. The lowest BCUT2D eigenvalue weighted by molar-refractivity contribution is 0.660. The Kier molecular flexibility index (Phi) is 5.92. The molecule has 0 fully saturated rings. The first-order chi connectivity index (χ1) is 23.6. The summed E-state index contributed by atoms with van der Waals surface area (Å²) in [5.41, 5.74) is 14.7. The molecule has 2 aromatic heterocycles. The fraction of sp³-hybridized carbons (Fsp3) is 0.0870. The van der Waals surface area contributed by atoms with E-state index in [-0.39, 0.29) is 5.41 Å². The fourth-order valence-electron chi connectivity index (χ4n) is 8.42. The predicted octanol–water partition coefficient (Wildman–Crippen LogP) is 12.7. The molecule has 0 unspecified atom stereocenters. The number of thiophene rings is 1. The summed E-state index contributed by atoms with van der Waals surface area (Å²) in [7, 11) is 0. The van der Waals surface area contributed by atoms with Crippen LogP contribution >= 0.6 is 11.3 Å². The summed E-state index contributed by atoms with van der Waals surface area (Å²) in [5.74, 6) is 0. The minimum absolute atomic E-state index is 0.00637. The molecule has 0 N–H and O–H groups in total. The van der Waals surface area contributed by atoms with Crippen LogP contribution in [-0.4, -0.2) is 4.57 Å². The van der Waals surface area contributed by atoms with Gasteiger partial charge in [-0.15, -0.1) is 11.3 Å². The van der Waals surface area contributed by atoms with Gasteiger partial charge in [-0.3, -0.25) is 0 Å².